The van der Waals surface area contributed by atoms with E-state index < -0.39 is 11.8 Å². The molecule has 0 radical (unpaired) electrons. The molecule has 0 heterocycles. The van der Waals surface area contributed by atoms with Crippen LogP contribution in [0.15, 0.2) is 0 Å². The van der Waals surface area contributed by atoms with E-state index in [1.54, 1.807) is 7.11 Å². The summed E-state index contributed by atoms with van der Waals surface area (Å²) in [6, 6.07) is 0.134. The minimum absolute atomic E-state index is 0.134. The molecule has 0 saturated heterocycles. The maximum absolute atomic E-state index is 11.7. The van der Waals surface area contributed by atoms with Gasteiger partial charge in [-0.25, -0.2) is 0 Å². The summed E-state index contributed by atoms with van der Waals surface area (Å²) in [7, 11) is 1.56. The summed E-state index contributed by atoms with van der Waals surface area (Å²) in [6.07, 6.45) is 4.14. The van der Waals surface area contributed by atoms with Crippen molar-refractivity contribution in [3.63, 3.8) is 0 Å². The topological polar surface area (TPSA) is 67.4 Å². The molecule has 0 spiro atoms. The summed E-state index contributed by atoms with van der Waals surface area (Å²) in [5, 5.41) is 5.36. The third kappa shape index (κ3) is 5.49. The zero-order chi connectivity index (χ0) is 15.2. The Balaban J connectivity index is 2.29. The lowest BCUT2D eigenvalue weighted by Crippen LogP contribution is -2.46. The lowest BCUT2D eigenvalue weighted by Gasteiger charge is -2.37. The van der Waals surface area contributed by atoms with Gasteiger partial charge in [-0.3, -0.25) is 9.59 Å². The van der Waals surface area contributed by atoms with Crippen LogP contribution in [0.4, 0.5) is 0 Å². The number of ether oxygens (including phenoxy) is 1. The zero-order valence-corrected chi connectivity index (χ0v) is 13.1. The van der Waals surface area contributed by atoms with E-state index >= 15 is 0 Å². The molecule has 20 heavy (non-hydrogen) atoms. The number of nitrogens with one attached hydrogen (secondary N) is 2. The van der Waals surface area contributed by atoms with Gasteiger partial charge in [-0.2, -0.15) is 0 Å². The number of methoxy groups -OCH3 is 1. The molecule has 5 nitrogen and oxygen atoms in total. The van der Waals surface area contributed by atoms with Crippen LogP contribution in [0.1, 0.15) is 46.5 Å². The molecule has 0 aromatic rings. The van der Waals surface area contributed by atoms with Crippen LogP contribution >= 0.6 is 0 Å². The van der Waals surface area contributed by atoms with Crippen molar-refractivity contribution in [2.45, 2.75) is 52.5 Å². The Morgan fingerprint density at radius 1 is 1.10 bits per heavy atom. The molecule has 0 unspecified atom stereocenters. The predicted molar refractivity (Wildman–Crippen MR) is 78.2 cm³/mol. The fraction of sp³-hybridized carbons (Fsp3) is 0.867. The zero-order valence-electron chi connectivity index (χ0n) is 13.1. The van der Waals surface area contributed by atoms with Gasteiger partial charge in [0.2, 0.25) is 0 Å². The highest BCUT2D eigenvalue weighted by Gasteiger charge is 2.30. The van der Waals surface area contributed by atoms with E-state index in [-0.39, 0.29) is 6.04 Å². The van der Waals surface area contributed by atoms with Crippen molar-refractivity contribution < 1.29 is 14.3 Å². The van der Waals surface area contributed by atoms with E-state index in [0.717, 1.165) is 25.7 Å². The maximum Gasteiger partial charge on any atom is 0.309 e. The quantitative estimate of drug-likeness (QED) is 0.607. The molecule has 0 aromatic heterocycles. The molecule has 1 aliphatic rings. The van der Waals surface area contributed by atoms with Crippen molar-refractivity contribution in [2.75, 3.05) is 20.3 Å². The third-order valence-electron chi connectivity index (χ3n) is 4.09. The van der Waals surface area contributed by atoms with E-state index in [1.807, 2.05) is 0 Å². The van der Waals surface area contributed by atoms with Gasteiger partial charge in [-0.1, -0.05) is 20.8 Å². The summed E-state index contributed by atoms with van der Waals surface area (Å²) >= 11 is 0. The molecule has 1 saturated carbocycles. The van der Waals surface area contributed by atoms with Gasteiger partial charge in [0.1, 0.15) is 0 Å². The highest BCUT2D eigenvalue weighted by atomic mass is 16.5. The molecule has 5 heteroatoms. The smallest absolute Gasteiger partial charge is 0.309 e. The van der Waals surface area contributed by atoms with Crippen LogP contribution in [0.3, 0.4) is 0 Å². The van der Waals surface area contributed by atoms with E-state index in [0.29, 0.717) is 24.5 Å². The second kappa shape index (κ2) is 7.62. The number of carbonyl (C=O) groups is 2. The average Bonchev–Trinajstić information content (AvgIpc) is 2.38. The number of carbonyl (C=O) groups excluding carboxylic acids is 2. The Bertz CT molecular complexity index is 329. The van der Waals surface area contributed by atoms with Gasteiger partial charge in [0.15, 0.2) is 0 Å². The lowest BCUT2D eigenvalue weighted by atomic mass is 9.71. The maximum atomic E-state index is 11.7. The van der Waals surface area contributed by atoms with Gasteiger partial charge in [-0.05, 0) is 37.0 Å². The number of rotatable bonds is 4. The molecule has 1 aliphatic carbocycles. The molecule has 116 valence electrons. The van der Waals surface area contributed by atoms with Crippen LogP contribution in [0.5, 0.6) is 0 Å². The van der Waals surface area contributed by atoms with Crippen LogP contribution in [0, 0.1) is 11.3 Å². The van der Waals surface area contributed by atoms with Gasteiger partial charge in [0, 0.05) is 19.7 Å². The van der Waals surface area contributed by atoms with Crippen LogP contribution < -0.4 is 10.6 Å². The molecule has 2 N–H and O–H groups in total. The van der Waals surface area contributed by atoms with Gasteiger partial charge in [0.25, 0.3) is 0 Å². The summed E-state index contributed by atoms with van der Waals surface area (Å²) in [5.41, 5.74) is 0.326. The fourth-order valence-electron chi connectivity index (χ4n) is 2.70. The van der Waals surface area contributed by atoms with Crippen molar-refractivity contribution in [3.05, 3.63) is 0 Å². The molecule has 0 aromatic carbocycles. The number of amides is 2. The molecule has 0 atom stereocenters. The monoisotopic (exact) mass is 284 g/mol. The van der Waals surface area contributed by atoms with Gasteiger partial charge < -0.3 is 15.4 Å². The second-order valence-corrected chi connectivity index (χ2v) is 6.64. The number of hydrogen-bond acceptors (Lipinski definition) is 3. The van der Waals surface area contributed by atoms with E-state index in [2.05, 4.69) is 31.4 Å². The van der Waals surface area contributed by atoms with Gasteiger partial charge >= 0.3 is 11.8 Å². The molecule has 1 fully saturated rings. The SMILES string of the molecule is COCCNC(=O)C(=O)NC1CCC(C(C)(C)C)CC1. The molecular formula is C15H28N2O3. The van der Waals surface area contributed by atoms with Crippen molar-refractivity contribution >= 4 is 11.8 Å². The summed E-state index contributed by atoms with van der Waals surface area (Å²) in [5.74, 6) is -0.397. The lowest BCUT2D eigenvalue weighted by molar-refractivity contribution is -0.139. The molecule has 2 amide bonds. The minimum Gasteiger partial charge on any atom is -0.383 e. The molecule has 1 rings (SSSR count). The number of hydrogen-bond donors (Lipinski definition) is 2. The molecule has 0 bridgehead atoms. The van der Waals surface area contributed by atoms with E-state index in [4.69, 9.17) is 4.74 Å². The first kappa shape index (κ1) is 17.0. The summed E-state index contributed by atoms with van der Waals surface area (Å²) in [6.45, 7) is 7.56. The summed E-state index contributed by atoms with van der Waals surface area (Å²) < 4.78 is 4.82. The first-order chi connectivity index (χ1) is 9.34. The Labute approximate surface area is 121 Å². The van der Waals surface area contributed by atoms with E-state index in [9.17, 15) is 9.59 Å². The van der Waals surface area contributed by atoms with Crippen molar-refractivity contribution in [1.82, 2.24) is 10.6 Å². The Morgan fingerprint density at radius 2 is 1.70 bits per heavy atom. The van der Waals surface area contributed by atoms with Crippen LogP contribution in [-0.4, -0.2) is 38.1 Å². The van der Waals surface area contributed by atoms with Crippen molar-refractivity contribution in [3.8, 4) is 0 Å². The third-order valence-corrected chi connectivity index (χ3v) is 4.09. The second-order valence-electron chi connectivity index (χ2n) is 6.64. The minimum atomic E-state index is -0.569. The summed E-state index contributed by atoms with van der Waals surface area (Å²) in [4.78, 5) is 23.3. The van der Waals surface area contributed by atoms with Gasteiger partial charge in [0.05, 0.1) is 6.61 Å². The van der Waals surface area contributed by atoms with Crippen molar-refractivity contribution in [1.29, 1.82) is 0 Å². The van der Waals surface area contributed by atoms with Crippen LogP contribution in [-0.2, 0) is 14.3 Å². The fourth-order valence-corrected chi connectivity index (χ4v) is 2.70. The van der Waals surface area contributed by atoms with E-state index in [1.165, 1.54) is 0 Å². The Morgan fingerprint density at radius 3 is 2.20 bits per heavy atom. The molecule has 0 aliphatic heterocycles. The van der Waals surface area contributed by atoms with Crippen molar-refractivity contribution in [2.24, 2.45) is 11.3 Å². The van der Waals surface area contributed by atoms with Crippen LogP contribution in [0.2, 0.25) is 0 Å². The van der Waals surface area contributed by atoms with Crippen LogP contribution in [0.25, 0.3) is 0 Å². The highest BCUT2D eigenvalue weighted by molar-refractivity contribution is 6.35. The normalized spacial score (nSPS) is 23.2. The predicted octanol–water partition coefficient (Wildman–Crippen LogP) is 1.47. The first-order valence-corrected chi connectivity index (χ1v) is 7.42. The Hall–Kier alpha value is -1.10. The van der Waals surface area contributed by atoms with Gasteiger partial charge in [-0.15, -0.1) is 0 Å². The first-order valence-electron chi connectivity index (χ1n) is 7.42. The largest absolute Gasteiger partial charge is 0.383 e. The highest BCUT2D eigenvalue weighted by Crippen LogP contribution is 2.37. The Kier molecular flexibility index (Phi) is 6.46. The standard InChI is InChI=1S/C15H28N2O3/c1-15(2,3)11-5-7-12(8-6-11)17-14(19)13(18)16-9-10-20-4/h11-12H,5-10H2,1-4H3,(H,16,18)(H,17,19). The average molecular weight is 284 g/mol. The molecular weight excluding hydrogens is 256 g/mol.